The maximum atomic E-state index is 2.24. The van der Waals surface area contributed by atoms with Crippen LogP contribution in [0.25, 0.3) is 0 Å². The van der Waals surface area contributed by atoms with Gasteiger partial charge in [-0.3, -0.25) is 0 Å². The first-order chi connectivity index (χ1) is 5.91. The molecule has 0 aliphatic carbocycles. The molecule has 0 radical (unpaired) electrons. The number of rotatable bonds is 6. The molecular weight excluding hydrogens is 144 g/mol. The third-order valence-electron chi connectivity index (χ3n) is 1.52. The molecule has 0 aromatic rings. The number of hydrogen-bond donors (Lipinski definition) is 0. The van der Waals surface area contributed by atoms with Gasteiger partial charge in [-0.25, -0.2) is 0 Å². The van der Waals surface area contributed by atoms with Gasteiger partial charge in [0.25, 0.3) is 0 Å². The lowest BCUT2D eigenvalue weighted by Crippen LogP contribution is -1.63. The smallest absolute Gasteiger partial charge is 0.0313 e. The highest BCUT2D eigenvalue weighted by atomic mass is 13.8. The summed E-state index contributed by atoms with van der Waals surface area (Å²) in [6, 6.07) is 0. The molecule has 0 rings (SSSR count). The van der Waals surface area contributed by atoms with Crippen LogP contribution in [0.1, 0.15) is 39.5 Å². The van der Waals surface area contributed by atoms with Crippen LogP contribution in [0.5, 0.6) is 0 Å². The lowest BCUT2D eigenvalue weighted by molar-refractivity contribution is 1.04. The molecule has 0 saturated carbocycles. The fourth-order valence-electron chi connectivity index (χ4n) is 0.866. The molecule has 0 nitrogen and oxygen atoms in total. The monoisotopic (exact) mass is 164 g/mol. The van der Waals surface area contributed by atoms with Gasteiger partial charge in [-0.1, -0.05) is 50.3 Å². The van der Waals surface area contributed by atoms with E-state index >= 15 is 0 Å². The second-order valence-electron chi connectivity index (χ2n) is 2.72. The highest BCUT2D eigenvalue weighted by Gasteiger charge is 1.73. The zero-order chi connectivity index (χ0) is 9.07. The molecule has 0 N–H and O–H groups in total. The van der Waals surface area contributed by atoms with Gasteiger partial charge in [0.05, 0.1) is 0 Å². The van der Waals surface area contributed by atoms with Crippen molar-refractivity contribution in [1.29, 1.82) is 0 Å². The van der Waals surface area contributed by atoms with E-state index in [0.717, 1.165) is 19.3 Å². The molecule has 12 heavy (non-hydrogen) atoms. The van der Waals surface area contributed by atoms with Crippen LogP contribution in [-0.4, -0.2) is 0 Å². The fourth-order valence-corrected chi connectivity index (χ4v) is 0.866. The standard InChI is InChI=1S/C12H20/c1-3-5-7-9-11-12-10-8-6-4-2/h5-9,11H,3-4,10,12H2,1-2H3/b7-5+,8-6-,11-9-. The van der Waals surface area contributed by atoms with Crippen LogP contribution in [0.2, 0.25) is 0 Å². The van der Waals surface area contributed by atoms with Crippen molar-refractivity contribution in [3.63, 3.8) is 0 Å². The van der Waals surface area contributed by atoms with Crippen molar-refractivity contribution < 1.29 is 0 Å². The molecule has 68 valence electrons. The predicted molar refractivity (Wildman–Crippen MR) is 57.2 cm³/mol. The van der Waals surface area contributed by atoms with Gasteiger partial charge in [0, 0.05) is 0 Å². The molecule has 0 atom stereocenters. The van der Waals surface area contributed by atoms with Crippen LogP contribution >= 0.6 is 0 Å². The van der Waals surface area contributed by atoms with E-state index < -0.39 is 0 Å². The van der Waals surface area contributed by atoms with E-state index in [9.17, 15) is 0 Å². The molecule has 0 aliphatic heterocycles. The maximum Gasteiger partial charge on any atom is -0.0313 e. The minimum Gasteiger partial charge on any atom is -0.0888 e. The highest BCUT2D eigenvalue weighted by Crippen LogP contribution is 1.94. The van der Waals surface area contributed by atoms with Gasteiger partial charge in [-0.15, -0.1) is 0 Å². The predicted octanol–water partition coefficient (Wildman–Crippen LogP) is 4.26. The van der Waals surface area contributed by atoms with Gasteiger partial charge in [0.15, 0.2) is 0 Å². The Balaban J connectivity index is 3.24. The Kier molecular flexibility index (Phi) is 9.56. The number of allylic oxidation sites excluding steroid dienone is 6. The SMILES string of the molecule is CC/C=C\CC/C=C\C=C\CC. The van der Waals surface area contributed by atoms with Crippen LogP contribution in [-0.2, 0) is 0 Å². The third-order valence-corrected chi connectivity index (χ3v) is 1.52. The molecule has 0 bridgehead atoms. The minimum absolute atomic E-state index is 1.13. The zero-order valence-corrected chi connectivity index (χ0v) is 8.29. The molecule has 0 spiro atoms. The van der Waals surface area contributed by atoms with Gasteiger partial charge in [0.2, 0.25) is 0 Å². The largest absolute Gasteiger partial charge is 0.0888 e. The summed E-state index contributed by atoms with van der Waals surface area (Å²) in [7, 11) is 0. The Morgan fingerprint density at radius 3 is 1.92 bits per heavy atom. The summed E-state index contributed by atoms with van der Waals surface area (Å²) in [5.74, 6) is 0. The van der Waals surface area contributed by atoms with Crippen LogP contribution in [0.3, 0.4) is 0 Å². The Morgan fingerprint density at radius 1 is 0.667 bits per heavy atom. The summed E-state index contributed by atoms with van der Waals surface area (Å²) >= 11 is 0. The van der Waals surface area contributed by atoms with Crippen molar-refractivity contribution >= 4 is 0 Å². The Morgan fingerprint density at radius 2 is 1.25 bits per heavy atom. The average molecular weight is 164 g/mol. The van der Waals surface area contributed by atoms with Crippen molar-refractivity contribution in [2.75, 3.05) is 0 Å². The van der Waals surface area contributed by atoms with Gasteiger partial charge in [-0.05, 0) is 25.7 Å². The molecule has 0 aliphatic rings. The normalized spacial score (nSPS) is 12.5. The quantitative estimate of drug-likeness (QED) is 0.313. The van der Waals surface area contributed by atoms with Crippen molar-refractivity contribution in [3.05, 3.63) is 36.5 Å². The van der Waals surface area contributed by atoms with Crippen molar-refractivity contribution in [2.45, 2.75) is 39.5 Å². The molecule has 0 unspecified atom stereocenters. The van der Waals surface area contributed by atoms with E-state index in [1.165, 1.54) is 6.42 Å². The highest BCUT2D eigenvalue weighted by molar-refractivity contribution is 5.02. The second-order valence-corrected chi connectivity index (χ2v) is 2.72. The van der Waals surface area contributed by atoms with Crippen LogP contribution < -0.4 is 0 Å². The minimum atomic E-state index is 1.13. The van der Waals surface area contributed by atoms with Crippen LogP contribution in [0.4, 0.5) is 0 Å². The molecule has 0 heteroatoms. The lowest BCUT2D eigenvalue weighted by Gasteiger charge is -1.84. The van der Waals surface area contributed by atoms with E-state index in [1.54, 1.807) is 0 Å². The molecule has 0 fully saturated rings. The third kappa shape index (κ3) is 9.22. The average Bonchev–Trinajstić information content (AvgIpc) is 2.10. The maximum absolute atomic E-state index is 2.24. The van der Waals surface area contributed by atoms with E-state index in [4.69, 9.17) is 0 Å². The zero-order valence-electron chi connectivity index (χ0n) is 8.29. The van der Waals surface area contributed by atoms with Crippen molar-refractivity contribution in [1.82, 2.24) is 0 Å². The molecule has 0 saturated heterocycles. The van der Waals surface area contributed by atoms with Gasteiger partial charge < -0.3 is 0 Å². The van der Waals surface area contributed by atoms with Crippen molar-refractivity contribution in [3.8, 4) is 0 Å². The summed E-state index contributed by atoms with van der Waals surface area (Å²) in [5.41, 5.74) is 0. The molecular formula is C12H20. The Bertz CT molecular complexity index is 149. The van der Waals surface area contributed by atoms with E-state index in [2.05, 4.69) is 50.3 Å². The number of unbranched alkanes of at least 4 members (excludes halogenated alkanes) is 1. The molecule has 0 heterocycles. The fraction of sp³-hybridized carbons (Fsp3) is 0.500. The Labute approximate surface area is 76.7 Å². The Hall–Kier alpha value is -0.780. The van der Waals surface area contributed by atoms with E-state index in [0.29, 0.717) is 0 Å². The molecule has 0 aromatic carbocycles. The second kappa shape index (κ2) is 10.2. The number of hydrogen-bond acceptors (Lipinski definition) is 0. The van der Waals surface area contributed by atoms with E-state index in [1.807, 2.05) is 0 Å². The topological polar surface area (TPSA) is 0 Å². The van der Waals surface area contributed by atoms with Crippen molar-refractivity contribution in [2.24, 2.45) is 0 Å². The van der Waals surface area contributed by atoms with E-state index in [-0.39, 0.29) is 0 Å². The van der Waals surface area contributed by atoms with Crippen LogP contribution in [0, 0.1) is 0 Å². The van der Waals surface area contributed by atoms with Gasteiger partial charge in [-0.2, -0.15) is 0 Å². The summed E-state index contributed by atoms with van der Waals surface area (Å²) in [6.45, 7) is 4.31. The first-order valence-corrected chi connectivity index (χ1v) is 4.88. The summed E-state index contributed by atoms with van der Waals surface area (Å²) in [5, 5.41) is 0. The first kappa shape index (κ1) is 11.2. The summed E-state index contributed by atoms with van der Waals surface area (Å²) in [4.78, 5) is 0. The van der Waals surface area contributed by atoms with Gasteiger partial charge >= 0.3 is 0 Å². The molecule has 0 aromatic heterocycles. The molecule has 0 amide bonds. The first-order valence-electron chi connectivity index (χ1n) is 4.88. The summed E-state index contributed by atoms with van der Waals surface area (Å²) in [6.07, 6.45) is 17.7. The summed E-state index contributed by atoms with van der Waals surface area (Å²) < 4.78 is 0. The van der Waals surface area contributed by atoms with Crippen LogP contribution in [0.15, 0.2) is 36.5 Å². The van der Waals surface area contributed by atoms with Gasteiger partial charge in [0.1, 0.15) is 0 Å². The lowest BCUT2D eigenvalue weighted by atomic mass is 10.2.